The lowest BCUT2D eigenvalue weighted by Crippen LogP contribution is -1.95. The summed E-state index contributed by atoms with van der Waals surface area (Å²) >= 11 is 0. The number of carbonyl (C=O) groups excluding carboxylic acids is 1. The minimum absolute atomic E-state index is 0.211. The predicted octanol–water partition coefficient (Wildman–Crippen LogP) is 2.26. The summed E-state index contributed by atoms with van der Waals surface area (Å²) in [4.78, 5) is 18.8. The first kappa shape index (κ1) is 22.3. The Balaban J connectivity index is -0.000000196. The molecule has 19 heavy (non-hydrogen) atoms. The van der Waals surface area contributed by atoms with Gasteiger partial charge in [-0.25, -0.2) is 0 Å². The molecule has 0 aliphatic rings. The van der Waals surface area contributed by atoms with Gasteiger partial charge in [-0.2, -0.15) is 0 Å². The monoisotopic (exact) mass is 272 g/mol. The van der Waals surface area contributed by atoms with E-state index in [4.69, 9.17) is 15.0 Å². The molecule has 0 unspecified atom stereocenters. The zero-order chi connectivity index (χ0) is 15.7. The molecule has 1 aromatic carbocycles. The van der Waals surface area contributed by atoms with Crippen LogP contribution in [0.3, 0.4) is 0 Å². The zero-order valence-corrected chi connectivity index (χ0v) is 12.2. The number of ether oxygens (including phenoxy) is 1. The molecule has 0 heterocycles. The van der Waals surface area contributed by atoms with E-state index in [1.807, 2.05) is 18.2 Å². The number of carboxylic acids is 1. The molecule has 110 valence electrons. The van der Waals surface area contributed by atoms with E-state index < -0.39 is 5.97 Å². The molecular formula is C14H24O5. The zero-order valence-electron chi connectivity index (χ0n) is 12.2. The number of aliphatic hydroxyl groups is 1. The standard InChI is InChI=1S/C7H8.C4H8O2.C2H4O2.CH4O/c1-7-5-3-2-4-6-7;1-3-6-4(2)5;1-2(3)4;1-2/h2-6H,1H3;3H2,1-2H3;1H3,(H,3,4);2H,1H3. The molecule has 0 aliphatic carbocycles. The first-order chi connectivity index (χ1) is 8.90. The fourth-order valence-corrected chi connectivity index (χ4v) is 0.738. The summed E-state index contributed by atoms with van der Waals surface area (Å²) in [6.07, 6.45) is 0. The molecule has 5 heteroatoms. The molecule has 1 rings (SSSR count). The number of aliphatic hydroxyl groups excluding tert-OH is 1. The van der Waals surface area contributed by atoms with E-state index in [1.165, 1.54) is 12.5 Å². The Kier molecular flexibility index (Phi) is 21.7. The average molecular weight is 272 g/mol. The third kappa shape index (κ3) is 38.6. The highest BCUT2D eigenvalue weighted by atomic mass is 16.5. The van der Waals surface area contributed by atoms with Crippen molar-refractivity contribution in [1.82, 2.24) is 0 Å². The van der Waals surface area contributed by atoms with Gasteiger partial charge in [0.05, 0.1) is 6.61 Å². The van der Waals surface area contributed by atoms with Crippen LogP contribution < -0.4 is 0 Å². The summed E-state index contributed by atoms with van der Waals surface area (Å²) in [5.41, 5.74) is 1.32. The maximum Gasteiger partial charge on any atom is 0.302 e. The lowest BCUT2D eigenvalue weighted by atomic mass is 10.2. The minimum Gasteiger partial charge on any atom is -0.481 e. The second-order valence-electron chi connectivity index (χ2n) is 3.10. The highest BCUT2D eigenvalue weighted by Gasteiger charge is 1.81. The lowest BCUT2D eigenvalue weighted by Gasteiger charge is -1.89. The van der Waals surface area contributed by atoms with Gasteiger partial charge in [-0.15, -0.1) is 0 Å². The molecule has 0 saturated carbocycles. The van der Waals surface area contributed by atoms with Gasteiger partial charge in [0, 0.05) is 21.0 Å². The molecule has 2 N–H and O–H groups in total. The molecule has 0 bridgehead atoms. The molecule has 1 aromatic rings. The fourth-order valence-electron chi connectivity index (χ4n) is 0.738. The van der Waals surface area contributed by atoms with E-state index >= 15 is 0 Å². The first-order valence-electron chi connectivity index (χ1n) is 5.69. The second kappa shape index (κ2) is 18.5. The Morgan fingerprint density at radius 3 is 1.58 bits per heavy atom. The predicted molar refractivity (Wildman–Crippen MR) is 74.9 cm³/mol. The Bertz CT molecular complexity index is 305. The van der Waals surface area contributed by atoms with Crippen LogP contribution in [0.5, 0.6) is 0 Å². The smallest absolute Gasteiger partial charge is 0.302 e. The largest absolute Gasteiger partial charge is 0.481 e. The van der Waals surface area contributed by atoms with Crippen LogP contribution in [-0.4, -0.2) is 35.9 Å². The summed E-state index contributed by atoms with van der Waals surface area (Å²) in [6.45, 7) is 6.82. The molecule has 0 spiro atoms. The number of esters is 1. The van der Waals surface area contributed by atoms with Crippen molar-refractivity contribution >= 4 is 11.9 Å². The van der Waals surface area contributed by atoms with Gasteiger partial charge in [0.25, 0.3) is 5.97 Å². The van der Waals surface area contributed by atoms with Crippen LogP contribution >= 0.6 is 0 Å². The Hall–Kier alpha value is -1.88. The number of carboxylic acid groups (broad SMARTS) is 1. The second-order valence-corrected chi connectivity index (χ2v) is 3.10. The van der Waals surface area contributed by atoms with Crippen LogP contribution in [0.15, 0.2) is 30.3 Å². The quantitative estimate of drug-likeness (QED) is 0.766. The first-order valence-corrected chi connectivity index (χ1v) is 5.69. The van der Waals surface area contributed by atoms with Crippen molar-refractivity contribution in [3.05, 3.63) is 35.9 Å². The minimum atomic E-state index is -0.833. The van der Waals surface area contributed by atoms with Crippen LogP contribution in [0.1, 0.15) is 26.3 Å². The van der Waals surface area contributed by atoms with Crippen molar-refractivity contribution < 1.29 is 24.5 Å². The number of rotatable bonds is 1. The highest BCUT2D eigenvalue weighted by Crippen LogP contribution is 1.92. The molecule has 0 saturated heterocycles. The van der Waals surface area contributed by atoms with Crippen molar-refractivity contribution in [2.24, 2.45) is 0 Å². The van der Waals surface area contributed by atoms with Crippen LogP contribution in [0, 0.1) is 6.92 Å². The van der Waals surface area contributed by atoms with Gasteiger partial charge in [-0.3, -0.25) is 9.59 Å². The Morgan fingerprint density at radius 2 is 1.47 bits per heavy atom. The molecule has 5 nitrogen and oxygen atoms in total. The van der Waals surface area contributed by atoms with Gasteiger partial charge < -0.3 is 14.9 Å². The van der Waals surface area contributed by atoms with E-state index in [0.717, 1.165) is 14.0 Å². The van der Waals surface area contributed by atoms with E-state index in [9.17, 15) is 4.79 Å². The SMILES string of the molecule is CC(=O)O.CCOC(C)=O.CO.Cc1ccccc1. The lowest BCUT2D eigenvalue weighted by molar-refractivity contribution is -0.140. The Labute approximate surface area is 114 Å². The van der Waals surface area contributed by atoms with Crippen molar-refractivity contribution in [2.45, 2.75) is 27.7 Å². The third-order valence-corrected chi connectivity index (χ3v) is 1.29. The maximum atomic E-state index is 9.82. The van der Waals surface area contributed by atoms with Crippen LogP contribution in [0.4, 0.5) is 0 Å². The summed E-state index contributed by atoms with van der Waals surface area (Å²) in [5, 5.41) is 14.4. The molecule has 0 fully saturated rings. The van der Waals surface area contributed by atoms with Crippen molar-refractivity contribution in [3.63, 3.8) is 0 Å². The van der Waals surface area contributed by atoms with Gasteiger partial charge >= 0.3 is 5.97 Å². The molecule has 0 aromatic heterocycles. The van der Waals surface area contributed by atoms with Crippen molar-refractivity contribution in [1.29, 1.82) is 0 Å². The van der Waals surface area contributed by atoms with Gasteiger partial charge in [0.15, 0.2) is 0 Å². The topological polar surface area (TPSA) is 83.8 Å². The number of benzene rings is 1. The summed E-state index contributed by atoms with van der Waals surface area (Å²) in [5.74, 6) is -1.04. The molecule has 0 aliphatic heterocycles. The van der Waals surface area contributed by atoms with Crippen molar-refractivity contribution in [3.8, 4) is 0 Å². The van der Waals surface area contributed by atoms with E-state index in [1.54, 1.807) is 6.92 Å². The number of aliphatic carboxylic acids is 1. The normalized spacial score (nSPS) is 7.26. The maximum absolute atomic E-state index is 9.82. The molecular weight excluding hydrogens is 248 g/mol. The third-order valence-electron chi connectivity index (χ3n) is 1.29. The van der Waals surface area contributed by atoms with Gasteiger partial charge in [0.2, 0.25) is 0 Å². The number of aryl methyl sites for hydroxylation is 1. The highest BCUT2D eigenvalue weighted by molar-refractivity contribution is 5.65. The molecule has 0 atom stereocenters. The number of carbonyl (C=O) groups is 2. The van der Waals surface area contributed by atoms with Crippen LogP contribution in [0.2, 0.25) is 0 Å². The van der Waals surface area contributed by atoms with Gasteiger partial charge in [0.1, 0.15) is 0 Å². The summed E-state index contributed by atoms with van der Waals surface area (Å²) < 4.78 is 4.40. The Morgan fingerprint density at radius 1 is 1.11 bits per heavy atom. The fraction of sp³-hybridized carbons (Fsp3) is 0.429. The number of hydrogen-bond acceptors (Lipinski definition) is 4. The van der Waals surface area contributed by atoms with E-state index in [2.05, 4.69) is 23.8 Å². The van der Waals surface area contributed by atoms with Gasteiger partial charge in [-0.05, 0) is 13.8 Å². The van der Waals surface area contributed by atoms with Crippen LogP contribution in [-0.2, 0) is 14.3 Å². The summed E-state index contributed by atoms with van der Waals surface area (Å²) in [7, 11) is 1.00. The van der Waals surface area contributed by atoms with Crippen LogP contribution in [0.25, 0.3) is 0 Å². The molecule has 0 radical (unpaired) electrons. The van der Waals surface area contributed by atoms with Crippen molar-refractivity contribution in [2.75, 3.05) is 13.7 Å². The summed E-state index contributed by atoms with van der Waals surface area (Å²) in [6, 6.07) is 10.3. The van der Waals surface area contributed by atoms with E-state index in [-0.39, 0.29) is 5.97 Å². The van der Waals surface area contributed by atoms with Gasteiger partial charge in [-0.1, -0.05) is 35.9 Å². The van der Waals surface area contributed by atoms with E-state index in [0.29, 0.717) is 6.61 Å². The average Bonchev–Trinajstić information content (AvgIpc) is 2.32. The number of hydrogen-bond donors (Lipinski definition) is 2. The molecule has 0 amide bonds.